The number of halogens is 4. The molecule has 0 atom stereocenters. The Hall–Kier alpha value is -0.880. The fraction of sp³-hybridized carbons (Fsp3) is 0.429. The summed E-state index contributed by atoms with van der Waals surface area (Å²) in [6.07, 6.45) is 3.50. The summed E-state index contributed by atoms with van der Waals surface area (Å²) < 4.78 is 0. The van der Waals surface area contributed by atoms with Crippen LogP contribution in [0.25, 0.3) is 0 Å². The quantitative estimate of drug-likeness (QED) is 0.589. The van der Waals surface area contributed by atoms with Crippen molar-refractivity contribution in [1.82, 2.24) is 4.90 Å². The normalized spacial score (nSPS) is 15.7. The van der Waals surface area contributed by atoms with Crippen LogP contribution >= 0.6 is 48.0 Å². The fourth-order valence-electron chi connectivity index (χ4n) is 2.16. The maximum absolute atomic E-state index is 6.08. The molecule has 4 N–H and O–H groups in total. The van der Waals surface area contributed by atoms with Gasteiger partial charge >= 0.3 is 0 Å². The first kappa shape index (κ1) is 22.1. The molecule has 1 aromatic carbocycles. The molecule has 0 aliphatic carbocycles. The lowest BCUT2D eigenvalue weighted by Gasteiger charge is -2.27. The highest BCUT2D eigenvalue weighted by Gasteiger charge is 2.12. The molecule has 5 nitrogen and oxygen atoms in total. The Morgan fingerprint density at radius 2 is 1.74 bits per heavy atom. The van der Waals surface area contributed by atoms with E-state index in [1.54, 1.807) is 12.1 Å². The van der Waals surface area contributed by atoms with E-state index in [1.165, 1.54) is 6.42 Å². The maximum Gasteiger partial charge on any atom is 0.218 e. The second-order valence-corrected chi connectivity index (χ2v) is 5.77. The predicted octanol–water partition coefficient (Wildman–Crippen LogP) is 3.45. The number of aliphatic imine (C=N–C) groups is 2. The van der Waals surface area contributed by atoms with Crippen LogP contribution in [0.2, 0.25) is 10.0 Å². The number of nitrogens with zero attached hydrogens (tertiary/aromatic N) is 3. The minimum atomic E-state index is 0. The molecule has 0 radical (unpaired) electrons. The summed E-state index contributed by atoms with van der Waals surface area (Å²) in [7, 11) is 0. The first-order chi connectivity index (χ1) is 10.1. The lowest BCUT2D eigenvalue weighted by atomic mass is 10.1. The molecule has 1 aliphatic rings. The number of nitrogens with two attached hydrogens (primary N) is 2. The Kier molecular flexibility index (Phi) is 10.4. The third kappa shape index (κ3) is 7.04. The summed E-state index contributed by atoms with van der Waals surface area (Å²) in [4.78, 5) is 10.4. The Bertz CT molecular complexity index is 556. The average molecular weight is 401 g/mol. The monoisotopic (exact) mass is 399 g/mol. The Balaban J connectivity index is 0.00000242. The van der Waals surface area contributed by atoms with Crippen LogP contribution in [0.4, 0.5) is 0 Å². The number of hydrogen-bond donors (Lipinski definition) is 2. The van der Waals surface area contributed by atoms with Gasteiger partial charge in [0.1, 0.15) is 0 Å². The number of piperidine rings is 1. The lowest BCUT2D eigenvalue weighted by Crippen LogP contribution is -2.41. The Labute approximate surface area is 158 Å². The number of rotatable bonds is 2. The topological polar surface area (TPSA) is 80.0 Å². The summed E-state index contributed by atoms with van der Waals surface area (Å²) in [5.41, 5.74) is 12.6. The molecule has 9 heteroatoms. The largest absolute Gasteiger partial charge is 0.369 e. The molecule has 0 saturated carbocycles. The van der Waals surface area contributed by atoms with Crippen molar-refractivity contribution in [3.63, 3.8) is 0 Å². The molecular weight excluding hydrogens is 380 g/mol. The maximum atomic E-state index is 6.08. The molecule has 0 bridgehead atoms. The van der Waals surface area contributed by atoms with Crippen LogP contribution in [-0.4, -0.2) is 29.9 Å². The van der Waals surface area contributed by atoms with Crippen LogP contribution in [-0.2, 0) is 6.54 Å². The fourth-order valence-corrected chi connectivity index (χ4v) is 2.63. The summed E-state index contributed by atoms with van der Waals surface area (Å²) in [6.45, 7) is 2.19. The second kappa shape index (κ2) is 10.8. The molecule has 130 valence electrons. The van der Waals surface area contributed by atoms with Crippen molar-refractivity contribution in [2.24, 2.45) is 21.5 Å². The number of benzene rings is 1. The van der Waals surface area contributed by atoms with Crippen molar-refractivity contribution in [2.75, 3.05) is 13.1 Å². The van der Waals surface area contributed by atoms with E-state index < -0.39 is 0 Å². The zero-order chi connectivity index (χ0) is 15.2. The number of hydrogen-bond acceptors (Lipinski definition) is 1. The Morgan fingerprint density at radius 3 is 2.35 bits per heavy atom. The molecule has 23 heavy (non-hydrogen) atoms. The van der Waals surface area contributed by atoms with Gasteiger partial charge in [-0.2, -0.15) is 4.99 Å². The van der Waals surface area contributed by atoms with E-state index in [9.17, 15) is 0 Å². The zero-order valence-corrected chi connectivity index (χ0v) is 15.7. The van der Waals surface area contributed by atoms with Gasteiger partial charge in [-0.3, -0.25) is 0 Å². The second-order valence-electron chi connectivity index (χ2n) is 4.93. The first-order valence-electron chi connectivity index (χ1n) is 6.89. The van der Waals surface area contributed by atoms with Gasteiger partial charge in [0.2, 0.25) is 5.96 Å². The molecule has 1 aromatic rings. The van der Waals surface area contributed by atoms with E-state index in [2.05, 4.69) is 9.98 Å². The molecule has 1 heterocycles. The van der Waals surface area contributed by atoms with Gasteiger partial charge in [0, 0.05) is 23.1 Å². The van der Waals surface area contributed by atoms with Crippen molar-refractivity contribution in [1.29, 1.82) is 0 Å². The molecule has 0 unspecified atom stereocenters. The van der Waals surface area contributed by atoms with Crippen LogP contribution in [0.15, 0.2) is 28.2 Å². The molecule has 2 rings (SSSR count). The molecule has 1 saturated heterocycles. The highest BCUT2D eigenvalue weighted by atomic mass is 35.5. The smallest absolute Gasteiger partial charge is 0.218 e. The van der Waals surface area contributed by atoms with E-state index in [0.717, 1.165) is 31.5 Å². The third-order valence-electron chi connectivity index (χ3n) is 3.34. The van der Waals surface area contributed by atoms with Crippen molar-refractivity contribution < 1.29 is 0 Å². The highest BCUT2D eigenvalue weighted by molar-refractivity contribution is 6.35. The van der Waals surface area contributed by atoms with E-state index in [4.69, 9.17) is 34.7 Å². The van der Waals surface area contributed by atoms with Crippen LogP contribution in [0.1, 0.15) is 24.8 Å². The molecule has 0 aromatic heterocycles. The van der Waals surface area contributed by atoms with Crippen molar-refractivity contribution in [2.45, 2.75) is 25.8 Å². The van der Waals surface area contributed by atoms with Crippen LogP contribution < -0.4 is 11.5 Å². The van der Waals surface area contributed by atoms with E-state index in [1.807, 2.05) is 11.0 Å². The van der Waals surface area contributed by atoms with Gasteiger partial charge < -0.3 is 16.4 Å². The summed E-state index contributed by atoms with van der Waals surface area (Å²) in [5, 5.41) is 1.15. The minimum absolute atomic E-state index is 0. The van der Waals surface area contributed by atoms with Crippen LogP contribution in [0, 0.1) is 0 Å². The SMILES string of the molecule is Cl.Cl.NC(=NCc1ccc(Cl)cc1Cl)/N=C(/N)N1CCCCC1. The highest BCUT2D eigenvalue weighted by Crippen LogP contribution is 2.21. The van der Waals surface area contributed by atoms with Crippen LogP contribution in [0.3, 0.4) is 0 Å². The first-order valence-corrected chi connectivity index (χ1v) is 7.65. The molecule has 0 amide bonds. The van der Waals surface area contributed by atoms with Crippen LogP contribution in [0.5, 0.6) is 0 Å². The third-order valence-corrected chi connectivity index (χ3v) is 3.92. The van der Waals surface area contributed by atoms with E-state index >= 15 is 0 Å². The van der Waals surface area contributed by atoms with Crippen molar-refractivity contribution >= 4 is 59.9 Å². The average Bonchev–Trinajstić information content (AvgIpc) is 2.47. The van der Waals surface area contributed by atoms with Gasteiger partial charge in [-0.05, 0) is 37.0 Å². The minimum Gasteiger partial charge on any atom is -0.369 e. The number of guanidine groups is 2. The van der Waals surface area contributed by atoms with Crippen molar-refractivity contribution in [3.05, 3.63) is 33.8 Å². The molecule has 1 fully saturated rings. The van der Waals surface area contributed by atoms with E-state index in [0.29, 0.717) is 22.5 Å². The standard InChI is InChI=1S/C14H19Cl2N5.2ClH/c15-11-5-4-10(12(16)8-11)9-19-13(17)20-14(18)21-6-2-1-3-7-21;;/h4-5,8H,1-3,6-7,9H2,(H4,17,18,19,20);2*1H. The number of likely N-dealkylation sites (tertiary alicyclic amines) is 1. The Morgan fingerprint density at radius 1 is 1.09 bits per heavy atom. The van der Waals surface area contributed by atoms with Gasteiger partial charge in [0.25, 0.3) is 0 Å². The molecular formula is C14H21Cl4N5. The summed E-state index contributed by atoms with van der Waals surface area (Å²) in [5.74, 6) is 0.585. The van der Waals surface area contributed by atoms with Crippen molar-refractivity contribution in [3.8, 4) is 0 Å². The van der Waals surface area contributed by atoms with Gasteiger partial charge in [-0.1, -0.05) is 29.3 Å². The van der Waals surface area contributed by atoms with E-state index in [-0.39, 0.29) is 30.8 Å². The summed E-state index contributed by atoms with van der Waals surface area (Å²) >= 11 is 11.9. The summed E-state index contributed by atoms with van der Waals surface area (Å²) in [6, 6.07) is 5.26. The molecule has 0 spiro atoms. The predicted molar refractivity (Wildman–Crippen MR) is 103 cm³/mol. The van der Waals surface area contributed by atoms with Gasteiger partial charge in [0.15, 0.2) is 5.96 Å². The van der Waals surface area contributed by atoms with Gasteiger partial charge in [-0.25, -0.2) is 4.99 Å². The zero-order valence-electron chi connectivity index (χ0n) is 12.5. The lowest BCUT2D eigenvalue weighted by molar-refractivity contribution is 0.339. The van der Waals surface area contributed by atoms with Gasteiger partial charge in [-0.15, -0.1) is 24.8 Å². The molecule has 1 aliphatic heterocycles. The van der Waals surface area contributed by atoms with Gasteiger partial charge in [0.05, 0.1) is 6.54 Å².